The Bertz CT molecular complexity index is 682. The van der Waals surface area contributed by atoms with Crippen LogP contribution in [0.15, 0.2) is 30.2 Å². The lowest BCUT2D eigenvalue weighted by atomic mass is 9.95. The van der Waals surface area contributed by atoms with Crippen LogP contribution in [0.2, 0.25) is 0 Å². The van der Waals surface area contributed by atoms with Gasteiger partial charge in [-0.2, -0.15) is 0 Å². The van der Waals surface area contributed by atoms with Crippen LogP contribution in [0, 0.1) is 5.41 Å². The molecule has 0 bridgehead atoms. The number of rotatable bonds is 7. The van der Waals surface area contributed by atoms with Crippen molar-refractivity contribution < 1.29 is 9.53 Å². The maximum Gasteiger partial charge on any atom is 0.303 e. The number of carbonyl (C=O) groups excluding carboxylic acids is 1. The fraction of sp³-hybridized carbons (Fsp3) is 0.640. The highest BCUT2D eigenvalue weighted by Gasteiger charge is 2.20. The number of thioether (sulfide) groups is 1. The van der Waals surface area contributed by atoms with E-state index in [4.69, 9.17) is 4.74 Å². The number of esters is 1. The summed E-state index contributed by atoms with van der Waals surface area (Å²) in [6.07, 6.45) is 3.20. The van der Waals surface area contributed by atoms with Gasteiger partial charge in [-0.25, -0.2) is 0 Å². The summed E-state index contributed by atoms with van der Waals surface area (Å²) in [4.78, 5) is 15.5. The Balaban J connectivity index is 0.000000614. The van der Waals surface area contributed by atoms with Gasteiger partial charge in [0.2, 0.25) is 0 Å². The number of hydrogen-bond donors (Lipinski definition) is 0. The van der Waals surface area contributed by atoms with Crippen LogP contribution in [0.5, 0.6) is 0 Å². The van der Waals surface area contributed by atoms with E-state index in [1.54, 1.807) is 11.8 Å². The number of hydrogen-bond acceptors (Lipinski definition) is 4. The molecule has 1 aromatic heterocycles. The second-order valence-electron chi connectivity index (χ2n) is 10.1. The fourth-order valence-electron chi connectivity index (χ4n) is 2.29. The highest BCUT2D eigenvalue weighted by Crippen LogP contribution is 2.43. The van der Waals surface area contributed by atoms with E-state index >= 15 is 0 Å². The minimum absolute atomic E-state index is 0.123. The van der Waals surface area contributed by atoms with E-state index in [-0.39, 0.29) is 22.4 Å². The van der Waals surface area contributed by atoms with Gasteiger partial charge in [-0.1, -0.05) is 79.8 Å². The van der Waals surface area contributed by atoms with Gasteiger partial charge in [0.25, 0.3) is 0 Å². The highest BCUT2D eigenvalue weighted by atomic mass is 32.2. The fourth-order valence-corrected chi connectivity index (χ4v) is 4.24. The first kappa shape index (κ1) is 28.0. The molecule has 0 aliphatic heterocycles. The van der Waals surface area contributed by atoms with Crippen molar-refractivity contribution in [1.82, 2.24) is 0 Å². The van der Waals surface area contributed by atoms with Gasteiger partial charge in [-0.05, 0) is 54.6 Å². The van der Waals surface area contributed by atoms with E-state index in [0.29, 0.717) is 0 Å². The van der Waals surface area contributed by atoms with Crippen LogP contribution >= 0.6 is 23.1 Å². The smallest absolute Gasteiger partial charge is 0.303 e. The summed E-state index contributed by atoms with van der Waals surface area (Å²) < 4.78 is 5.10. The predicted octanol–water partition coefficient (Wildman–Crippen LogP) is 8.83. The van der Waals surface area contributed by atoms with Crippen LogP contribution in [-0.2, 0) is 14.9 Å². The third-order valence-corrected chi connectivity index (χ3v) is 7.28. The molecule has 1 rings (SSSR count). The quantitative estimate of drug-likeness (QED) is 0.398. The number of allylic oxidation sites excluding steroid dienone is 1. The lowest BCUT2D eigenvalue weighted by Gasteiger charge is -2.23. The Morgan fingerprint density at radius 1 is 1.07 bits per heavy atom. The van der Waals surface area contributed by atoms with Crippen LogP contribution in [0.4, 0.5) is 0 Å². The average molecular weight is 439 g/mol. The van der Waals surface area contributed by atoms with Gasteiger partial charge in [0.15, 0.2) is 0 Å². The Kier molecular flexibility index (Phi) is 11.0. The predicted molar refractivity (Wildman–Crippen MR) is 134 cm³/mol. The van der Waals surface area contributed by atoms with Crippen LogP contribution in [0.3, 0.4) is 0 Å². The molecular weight excluding hydrogens is 396 g/mol. The monoisotopic (exact) mass is 438 g/mol. The number of ether oxygens (including phenoxy) is 1. The van der Waals surface area contributed by atoms with Crippen LogP contribution in [-0.4, -0.2) is 11.6 Å². The molecule has 0 N–H and O–H groups in total. The summed E-state index contributed by atoms with van der Waals surface area (Å²) in [6, 6.07) is 4.39. The standard InChI is InChI=1S/C16H24S2.C9H18O2/c1-11(17-12(2)15(3,4)5)13-9-10-14(18-13)16(6,7)8;1-5-6-7-9(3,4)11-8(2)10/h9-10H,1-2H2,3-8H3;5-7H2,1-4H3. The van der Waals surface area contributed by atoms with Crippen LogP contribution in [0.25, 0.3) is 4.91 Å². The molecule has 0 aliphatic rings. The zero-order valence-electron chi connectivity index (χ0n) is 20.3. The molecular formula is C25H42O2S2. The summed E-state index contributed by atoms with van der Waals surface area (Å²) in [5.41, 5.74) is 0.0640. The molecule has 2 nitrogen and oxygen atoms in total. The normalized spacial score (nSPS) is 12.1. The first-order valence-corrected chi connectivity index (χ1v) is 12.0. The van der Waals surface area contributed by atoms with Crippen LogP contribution in [0.1, 0.15) is 98.3 Å². The summed E-state index contributed by atoms with van der Waals surface area (Å²) in [5.74, 6) is -0.189. The van der Waals surface area contributed by atoms with E-state index in [1.165, 1.54) is 21.6 Å². The molecule has 166 valence electrons. The molecule has 0 saturated heterocycles. The minimum Gasteiger partial charge on any atom is -0.460 e. The summed E-state index contributed by atoms with van der Waals surface area (Å²) in [5, 5.41) is 0. The summed E-state index contributed by atoms with van der Waals surface area (Å²) in [6.45, 7) is 29.1. The first-order chi connectivity index (χ1) is 13.0. The van der Waals surface area contributed by atoms with Gasteiger partial charge in [0.05, 0.1) is 0 Å². The molecule has 29 heavy (non-hydrogen) atoms. The van der Waals surface area contributed by atoms with Gasteiger partial charge >= 0.3 is 5.97 Å². The Hall–Kier alpha value is -1.00. The Labute approximate surface area is 188 Å². The average Bonchev–Trinajstić information content (AvgIpc) is 3.01. The number of thiophene rings is 1. The van der Waals surface area contributed by atoms with Crippen molar-refractivity contribution in [2.45, 2.75) is 99.5 Å². The largest absolute Gasteiger partial charge is 0.460 e. The van der Waals surface area contributed by atoms with Gasteiger partial charge < -0.3 is 4.74 Å². The van der Waals surface area contributed by atoms with Crippen molar-refractivity contribution in [2.24, 2.45) is 5.41 Å². The van der Waals surface area contributed by atoms with Crippen molar-refractivity contribution in [3.05, 3.63) is 40.0 Å². The molecule has 0 saturated carbocycles. The second kappa shape index (κ2) is 11.4. The van der Waals surface area contributed by atoms with Crippen molar-refractivity contribution in [3.8, 4) is 0 Å². The van der Waals surface area contributed by atoms with E-state index in [1.807, 2.05) is 25.2 Å². The molecule has 0 amide bonds. The topological polar surface area (TPSA) is 26.3 Å². The van der Waals surface area contributed by atoms with Gasteiger partial charge in [0.1, 0.15) is 5.60 Å². The summed E-state index contributed by atoms with van der Waals surface area (Å²) >= 11 is 3.54. The molecule has 0 radical (unpaired) electrons. The van der Waals surface area contributed by atoms with E-state index < -0.39 is 0 Å². The second-order valence-corrected chi connectivity index (χ2v) is 12.3. The molecule has 1 heterocycles. The molecule has 4 heteroatoms. The number of unbranched alkanes of at least 4 members (excludes halogenated alkanes) is 1. The van der Waals surface area contributed by atoms with E-state index in [2.05, 4.69) is 73.8 Å². The van der Waals surface area contributed by atoms with Crippen molar-refractivity contribution in [3.63, 3.8) is 0 Å². The minimum atomic E-state index is -0.276. The Morgan fingerprint density at radius 3 is 2.00 bits per heavy atom. The Morgan fingerprint density at radius 2 is 1.62 bits per heavy atom. The van der Waals surface area contributed by atoms with Gasteiger partial charge in [-0.3, -0.25) is 4.79 Å². The molecule has 0 fully saturated rings. The lowest BCUT2D eigenvalue weighted by Crippen LogP contribution is -2.26. The molecule has 0 aromatic carbocycles. The zero-order chi connectivity index (χ0) is 23.0. The highest BCUT2D eigenvalue weighted by molar-refractivity contribution is 8.11. The van der Waals surface area contributed by atoms with Gasteiger partial charge in [0, 0.05) is 21.6 Å². The maximum absolute atomic E-state index is 10.6. The molecule has 1 aromatic rings. The van der Waals surface area contributed by atoms with Crippen molar-refractivity contribution >= 4 is 34.0 Å². The van der Waals surface area contributed by atoms with Gasteiger partial charge in [-0.15, -0.1) is 11.3 Å². The number of carbonyl (C=O) groups is 1. The maximum atomic E-state index is 10.6. The zero-order valence-corrected chi connectivity index (χ0v) is 22.0. The molecule has 0 aliphatic carbocycles. The van der Waals surface area contributed by atoms with Crippen molar-refractivity contribution in [1.29, 1.82) is 0 Å². The van der Waals surface area contributed by atoms with Crippen molar-refractivity contribution in [2.75, 3.05) is 0 Å². The summed E-state index contributed by atoms with van der Waals surface area (Å²) in [7, 11) is 0. The van der Waals surface area contributed by atoms with E-state index in [0.717, 1.165) is 24.2 Å². The lowest BCUT2D eigenvalue weighted by molar-refractivity contribution is -0.154. The third-order valence-electron chi connectivity index (χ3n) is 4.26. The molecule has 0 spiro atoms. The molecule has 0 unspecified atom stereocenters. The molecule has 0 atom stereocenters. The third kappa shape index (κ3) is 11.7. The SMILES string of the molecule is C=C(SC(=C)C(C)(C)C)c1ccc(C(C)(C)C)s1.CCCCC(C)(C)OC(C)=O. The van der Waals surface area contributed by atoms with E-state index in [9.17, 15) is 4.79 Å². The van der Waals surface area contributed by atoms with Crippen LogP contribution < -0.4 is 0 Å². The first-order valence-electron chi connectivity index (χ1n) is 10.4.